The molecule has 1 saturated heterocycles. The van der Waals surface area contributed by atoms with Crippen LogP contribution in [-0.2, 0) is 6.54 Å². The zero-order valence-corrected chi connectivity index (χ0v) is 9.98. The summed E-state index contributed by atoms with van der Waals surface area (Å²) in [6.07, 6.45) is 2.20. The molecular weight excluding hydrogens is 222 g/mol. The largest absolute Gasteiger partial charge is 0.334 e. The van der Waals surface area contributed by atoms with Crippen LogP contribution >= 0.6 is 11.3 Å². The van der Waals surface area contributed by atoms with Gasteiger partial charge in [-0.25, -0.2) is 4.79 Å². The third kappa shape index (κ3) is 3.50. The number of carbonyl (C=O) groups excluding carboxylic acids is 1. The standard InChI is InChI=1S/C11H17N3OS/c15-11(13-8-10-4-2-6-16-10)14-9-3-1-5-12-7-9/h2,4,6,9,12H,1,3,5,7-8H2,(H2,13,14,15). The molecule has 0 radical (unpaired) electrons. The number of carbonyl (C=O) groups is 1. The predicted molar refractivity (Wildman–Crippen MR) is 65.6 cm³/mol. The lowest BCUT2D eigenvalue weighted by Gasteiger charge is -2.23. The third-order valence-electron chi connectivity index (χ3n) is 2.64. The molecule has 2 rings (SSSR count). The van der Waals surface area contributed by atoms with Crippen LogP contribution in [-0.4, -0.2) is 25.2 Å². The summed E-state index contributed by atoms with van der Waals surface area (Å²) in [5, 5.41) is 11.1. The molecule has 5 heteroatoms. The smallest absolute Gasteiger partial charge is 0.315 e. The molecule has 2 heterocycles. The number of rotatable bonds is 3. The van der Waals surface area contributed by atoms with Gasteiger partial charge < -0.3 is 16.0 Å². The van der Waals surface area contributed by atoms with E-state index in [1.165, 1.54) is 4.88 Å². The summed E-state index contributed by atoms with van der Waals surface area (Å²) in [5.74, 6) is 0. The van der Waals surface area contributed by atoms with Crippen LogP contribution in [0.4, 0.5) is 4.79 Å². The SMILES string of the molecule is O=C(NCc1cccs1)NC1CCCNC1. The van der Waals surface area contributed by atoms with Crippen LogP contribution in [0.3, 0.4) is 0 Å². The second kappa shape index (κ2) is 5.86. The van der Waals surface area contributed by atoms with E-state index in [1.807, 2.05) is 17.5 Å². The summed E-state index contributed by atoms with van der Waals surface area (Å²) < 4.78 is 0. The van der Waals surface area contributed by atoms with Gasteiger partial charge in [0, 0.05) is 17.5 Å². The van der Waals surface area contributed by atoms with Gasteiger partial charge >= 0.3 is 6.03 Å². The molecule has 16 heavy (non-hydrogen) atoms. The highest BCUT2D eigenvalue weighted by molar-refractivity contribution is 7.09. The lowest BCUT2D eigenvalue weighted by molar-refractivity contribution is 0.233. The summed E-state index contributed by atoms with van der Waals surface area (Å²) in [6.45, 7) is 2.56. The monoisotopic (exact) mass is 239 g/mol. The minimum absolute atomic E-state index is 0.0675. The summed E-state index contributed by atoms with van der Waals surface area (Å²) in [4.78, 5) is 12.7. The Morgan fingerprint density at radius 3 is 3.25 bits per heavy atom. The Hall–Kier alpha value is -1.07. The van der Waals surface area contributed by atoms with Crippen molar-refractivity contribution in [3.8, 4) is 0 Å². The zero-order valence-electron chi connectivity index (χ0n) is 9.16. The van der Waals surface area contributed by atoms with Gasteiger partial charge in [0.15, 0.2) is 0 Å². The average molecular weight is 239 g/mol. The molecular formula is C11H17N3OS. The van der Waals surface area contributed by atoms with Gasteiger partial charge in [0.25, 0.3) is 0 Å². The van der Waals surface area contributed by atoms with Crippen LogP contribution in [0.5, 0.6) is 0 Å². The Morgan fingerprint density at radius 2 is 2.56 bits per heavy atom. The Morgan fingerprint density at radius 1 is 1.62 bits per heavy atom. The maximum Gasteiger partial charge on any atom is 0.315 e. The molecule has 0 aliphatic carbocycles. The van der Waals surface area contributed by atoms with Gasteiger partial charge in [-0.05, 0) is 30.8 Å². The molecule has 0 bridgehead atoms. The van der Waals surface area contributed by atoms with Crippen molar-refractivity contribution in [1.82, 2.24) is 16.0 Å². The van der Waals surface area contributed by atoms with Crippen molar-refractivity contribution in [3.05, 3.63) is 22.4 Å². The molecule has 1 fully saturated rings. The van der Waals surface area contributed by atoms with Crippen LogP contribution in [0, 0.1) is 0 Å². The highest BCUT2D eigenvalue weighted by Crippen LogP contribution is 2.07. The van der Waals surface area contributed by atoms with Crippen LogP contribution in [0.25, 0.3) is 0 Å². The molecule has 0 saturated carbocycles. The average Bonchev–Trinajstić information content (AvgIpc) is 2.81. The minimum atomic E-state index is -0.0675. The molecule has 0 aromatic carbocycles. The summed E-state index contributed by atoms with van der Waals surface area (Å²) in [5.41, 5.74) is 0. The Bertz CT molecular complexity index is 320. The zero-order chi connectivity index (χ0) is 11.2. The fourth-order valence-corrected chi connectivity index (χ4v) is 2.44. The van der Waals surface area contributed by atoms with Gasteiger partial charge in [0.1, 0.15) is 0 Å². The van der Waals surface area contributed by atoms with E-state index in [0.29, 0.717) is 6.54 Å². The molecule has 1 atom stereocenters. The van der Waals surface area contributed by atoms with Crippen molar-refractivity contribution in [2.75, 3.05) is 13.1 Å². The number of thiophene rings is 1. The first-order chi connectivity index (χ1) is 7.84. The second-order valence-corrected chi connectivity index (χ2v) is 4.98. The van der Waals surface area contributed by atoms with Crippen LogP contribution in [0.1, 0.15) is 17.7 Å². The van der Waals surface area contributed by atoms with E-state index >= 15 is 0 Å². The number of hydrogen-bond donors (Lipinski definition) is 3. The van der Waals surface area contributed by atoms with Crippen molar-refractivity contribution in [2.45, 2.75) is 25.4 Å². The van der Waals surface area contributed by atoms with E-state index in [1.54, 1.807) is 11.3 Å². The number of nitrogens with one attached hydrogen (secondary N) is 3. The molecule has 1 aliphatic rings. The van der Waals surface area contributed by atoms with Crippen molar-refractivity contribution in [3.63, 3.8) is 0 Å². The van der Waals surface area contributed by atoms with Crippen LogP contribution in [0.15, 0.2) is 17.5 Å². The van der Waals surface area contributed by atoms with Crippen LogP contribution in [0.2, 0.25) is 0 Å². The second-order valence-electron chi connectivity index (χ2n) is 3.95. The molecule has 0 spiro atoms. The van der Waals surface area contributed by atoms with Crippen molar-refractivity contribution in [2.24, 2.45) is 0 Å². The lowest BCUT2D eigenvalue weighted by atomic mass is 10.1. The normalized spacial score (nSPS) is 20.4. The summed E-state index contributed by atoms with van der Waals surface area (Å²) in [6, 6.07) is 4.22. The van der Waals surface area contributed by atoms with Gasteiger partial charge in [-0.15, -0.1) is 11.3 Å². The molecule has 4 nitrogen and oxygen atoms in total. The van der Waals surface area contributed by atoms with E-state index in [4.69, 9.17) is 0 Å². The van der Waals surface area contributed by atoms with Gasteiger partial charge in [-0.1, -0.05) is 6.07 Å². The number of amides is 2. The van der Waals surface area contributed by atoms with Crippen LogP contribution < -0.4 is 16.0 Å². The third-order valence-corrected chi connectivity index (χ3v) is 3.51. The van der Waals surface area contributed by atoms with E-state index in [-0.39, 0.29) is 12.1 Å². The van der Waals surface area contributed by atoms with Gasteiger partial charge in [0.05, 0.1) is 6.54 Å². The van der Waals surface area contributed by atoms with E-state index in [9.17, 15) is 4.79 Å². The highest BCUT2D eigenvalue weighted by Gasteiger charge is 2.14. The molecule has 3 N–H and O–H groups in total. The van der Waals surface area contributed by atoms with Crippen molar-refractivity contribution >= 4 is 17.4 Å². The maximum atomic E-state index is 11.6. The number of urea groups is 1. The van der Waals surface area contributed by atoms with Gasteiger partial charge in [0.2, 0.25) is 0 Å². The minimum Gasteiger partial charge on any atom is -0.334 e. The lowest BCUT2D eigenvalue weighted by Crippen LogP contribution is -2.48. The fourth-order valence-electron chi connectivity index (χ4n) is 1.79. The molecule has 1 aromatic rings. The quantitative estimate of drug-likeness (QED) is 0.744. The summed E-state index contributed by atoms with van der Waals surface area (Å²) in [7, 11) is 0. The first-order valence-corrected chi connectivity index (χ1v) is 6.50. The molecule has 1 aliphatic heterocycles. The van der Waals surface area contributed by atoms with Crippen molar-refractivity contribution < 1.29 is 4.79 Å². The molecule has 88 valence electrons. The van der Waals surface area contributed by atoms with Gasteiger partial charge in [-0.2, -0.15) is 0 Å². The van der Waals surface area contributed by atoms with E-state index in [2.05, 4.69) is 16.0 Å². The Balaban J connectivity index is 1.67. The first-order valence-electron chi connectivity index (χ1n) is 5.62. The number of piperidine rings is 1. The van der Waals surface area contributed by atoms with Crippen molar-refractivity contribution in [1.29, 1.82) is 0 Å². The van der Waals surface area contributed by atoms with E-state index in [0.717, 1.165) is 25.9 Å². The maximum absolute atomic E-state index is 11.6. The topological polar surface area (TPSA) is 53.2 Å². The molecule has 2 amide bonds. The summed E-state index contributed by atoms with van der Waals surface area (Å²) >= 11 is 1.66. The van der Waals surface area contributed by atoms with Gasteiger partial charge in [-0.3, -0.25) is 0 Å². The Kier molecular flexibility index (Phi) is 4.18. The first kappa shape index (κ1) is 11.4. The predicted octanol–water partition coefficient (Wildman–Crippen LogP) is 1.30. The van der Waals surface area contributed by atoms with E-state index < -0.39 is 0 Å². The molecule has 1 unspecified atom stereocenters. The Labute approximate surface area is 99.4 Å². The number of hydrogen-bond acceptors (Lipinski definition) is 3. The highest BCUT2D eigenvalue weighted by atomic mass is 32.1. The molecule has 1 aromatic heterocycles. The fraction of sp³-hybridized carbons (Fsp3) is 0.545.